The second-order valence-electron chi connectivity index (χ2n) is 1.54. The van der Waals surface area contributed by atoms with Crippen molar-refractivity contribution in [3.05, 3.63) is 12.3 Å². The van der Waals surface area contributed by atoms with E-state index in [2.05, 4.69) is 23.5 Å². The lowest BCUT2D eigenvalue weighted by atomic mass is 10.3. The number of rotatable bonds is 2. The van der Waals surface area contributed by atoms with Crippen LogP contribution in [-0.4, -0.2) is 10.2 Å². The molecule has 0 N–H and O–H groups in total. The fourth-order valence-corrected chi connectivity index (χ4v) is 0.485. The minimum atomic E-state index is 0.674. The van der Waals surface area contributed by atoms with Gasteiger partial charge in [-0.1, -0.05) is 6.92 Å². The summed E-state index contributed by atoms with van der Waals surface area (Å²) >= 11 is 0. The molecule has 0 amide bonds. The third kappa shape index (κ3) is 1.05. The minimum absolute atomic E-state index is 0.674. The van der Waals surface area contributed by atoms with Crippen LogP contribution in [0.15, 0.2) is 4.42 Å². The van der Waals surface area contributed by atoms with Crippen LogP contribution in [0.1, 0.15) is 19.2 Å². The highest BCUT2D eigenvalue weighted by molar-refractivity contribution is 4.69. The number of nitrogens with zero attached hydrogens (tertiary/aromatic N) is 2. The van der Waals surface area contributed by atoms with Crippen molar-refractivity contribution in [3.63, 3.8) is 0 Å². The highest BCUT2D eigenvalue weighted by atomic mass is 16.4. The van der Waals surface area contributed by atoms with Gasteiger partial charge in [-0.25, -0.2) is 0 Å². The first-order valence-corrected chi connectivity index (χ1v) is 2.62. The number of aryl methyl sites for hydroxylation is 1. The smallest absolute Gasteiger partial charge is 0.305 e. The average molecular weight is 111 g/mol. The standard InChI is InChI=1S/C5H7N2O/c1-2-3-5-7-6-4-8-5/h2-3H2,1H3. The van der Waals surface area contributed by atoms with Crippen LogP contribution in [-0.2, 0) is 6.42 Å². The third-order valence-corrected chi connectivity index (χ3v) is 0.830. The van der Waals surface area contributed by atoms with Gasteiger partial charge in [0, 0.05) is 6.42 Å². The molecular weight excluding hydrogens is 104 g/mol. The molecule has 0 fully saturated rings. The van der Waals surface area contributed by atoms with Crippen molar-refractivity contribution in [1.82, 2.24) is 10.2 Å². The second-order valence-corrected chi connectivity index (χ2v) is 1.54. The maximum absolute atomic E-state index is 4.73. The lowest BCUT2D eigenvalue weighted by molar-refractivity contribution is 0.483. The van der Waals surface area contributed by atoms with Gasteiger partial charge >= 0.3 is 6.39 Å². The Balaban J connectivity index is 2.50. The summed E-state index contributed by atoms with van der Waals surface area (Å²) in [5.41, 5.74) is 0. The Morgan fingerprint density at radius 3 is 3.12 bits per heavy atom. The van der Waals surface area contributed by atoms with Gasteiger partial charge in [0.05, 0.1) is 0 Å². The molecule has 0 unspecified atom stereocenters. The molecular formula is C5H7N2O. The predicted octanol–water partition coefficient (Wildman–Crippen LogP) is 0.822. The molecule has 0 saturated carbocycles. The summed E-state index contributed by atoms with van der Waals surface area (Å²) in [5, 5.41) is 7.03. The van der Waals surface area contributed by atoms with Crippen molar-refractivity contribution >= 4 is 0 Å². The molecule has 1 aromatic heterocycles. The van der Waals surface area contributed by atoms with Crippen molar-refractivity contribution in [2.24, 2.45) is 0 Å². The van der Waals surface area contributed by atoms with Crippen LogP contribution < -0.4 is 0 Å². The molecule has 0 spiro atoms. The monoisotopic (exact) mass is 111 g/mol. The van der Waals surface area contributed by atoms with Crippen molar-refractivity contribution < 1.29 is 4.42 Å². The SMILES string of the molecule is CCCc1nn[c]o1. The molecule has 3 heteroatoms. The molecule has 0 saturated heterocycles. The van der Waals surface area contributed by atoms with Crippen molar-refractivity contribution in [2.45, 2.75) is 19.8 Å². The zero-order chi connectivity index (χ0) is 5.82. The summed E-state index contributed by atoms with van der Waals surface area (Å²) in [6.45, 7) is 2.06. The molecule has 1 radical (unpaired) electrons. The summed E-state index contributed by atoms with van der Waals surface area (Å²) in [6, 6.07) is 0. The topological polar surface area (TPSA) is 38.9 Å². The number of hydrogen-bond acceptors (Lipinski definition) is 3. The van der Waals surface area contributed by atoms with Gasteiger partial charge in [0.1, 0.15) is 0 Å². The fraction of sp³-hybridized carbons (Fsp3) is 0.600. The van der Waals surface area contributed by atoms with Crippen LogP contribution >= 0.6 is 0 Å². The molecule has 3 nitrogen and oxygen atoms in total. The summed E-state index contributed by atoms with van der Waals surface area (Å²) in [7, 11) is 0. The number of hydrogen-bond donors (Lipinski definition) is 0. The second kappa shape index (κ2) is 2.45. The van der Waals surface area contributed by atoms with Crippen molar-refractivity contribution in [2.75, 3.05) is 0 Å². The van der Waals surface area contributed by atoms with E-state index in [0.29, 0.717) is 5.89 Å². The first kappa shape index (κ1) is 5.28. The van der Waals surface area contributed by atoms with Gasteiger partial charge in [0.2, 0.25) is 5.89 Å². The van der Waals surface area contributed by atoms with E-state index in [0.717, 1.165) is 12.8 Å². The van der Waals surface area contributed by atoms with E-state index in [1.807, 2.05) is 0 Å². The zero-order valence-electron chi connectivity index (χ0n) is 4.72. The lowest BCUT2D eigenvalue weighted by Gasteiger charge is -1.81. The van der Waals surface area contributed by atoms with Gasteiger partial charge in [-0.15, -0.1) is 10.2 Å². The van der Waals surface area contributed by atoms with Gasteiger partial charge in [0.15, 0.2) is 0 Å². The summed E-state index contributed by atoms with van der Waals surface area (Å²) in [5.74, 6) is 0.674. The van der Waals surface area contributed by atoms with Crippen LogP contribution in [0, 0.1) is 6.39 Å². The predicted molar refractivity (Wildman–Crippen MR) is 27.1 cm³/mol. The van der Waals surface area contributed by atoms with E-state index < -0.39 is 0 Å². The Hall–Kier alpha value is -0.860. The largest absolute Gasteiger partial charge is 0.417 e. The van der Waals surface area contributed by atoms with Crippen molar-refractivity contribution in [3.8, 4) is 0 Å². The first-order valence-electron chi connectivity index (χ1n) is 2.62. The Bertz CT molecular complexity index is 136. The molecule has 43 valence electrons. The molecule has 0 atom stereocenters. The van der Waals surface area contributed by atoms with Crippen LogP contribution in [0.3, 0.4) is 0 Å². The van der Waals surface area contributed by atoms with E-state index in [1.165, 1.54) is 0 Å². The molecule has 0 aliphatic rings. The molecule has 0 aliphatic carbocycles. The quantitative estimate of drug-likeness (QED) is 0.567. The van der Waals surface area contributed by atoms with Gasteiger partial charge < -0.3 is 4.42 Å². The van der Waals surface area contributed by atoms with Gasteiger partial charge in [0.25, 0.3) is 0 Å². The van der Waals surface area contributed by atoms with Crippen LogP contribution in [0.5, 0.6) is 0 Å². The lowest BCUT2D eigenvalue weighted by Crippen LogP contribution is -1.80. The molecule has 0 aromatic carbocycles. The van der Waals surface area contributed by atoms with Crippen LogP contribution in [0.2, 0.25) is 0 Å². The van der Waals surface area contributed by atoms with Gasteiger partial charge in [-0.2, -0.15) is 0 Å². The maximum Gasteiger partial charge on any atom is 0.305 e. The molecule has 1 aromatic rings. The van der Waals surface area contributed by atoms with Crippen molar-refractivity contribution in [1.29, 1.82) is 0 Å². The fourth-order valence-electron chi connectivity index (χ4n) is 0.485. The van der Waals surface area contributed by atoms with E-state index >= 15 is 0 Å². The van der Waals surface area contributed by atoms with E-state index in [9.17, 15) is 0 Å². The highest BCUT2D eigenvalue weighted by Crippen LogP contribution is 1.93. The number of aromatic nitrogens is 2. The van der Waals surface area contributed by atoms with E-state index in [-0.39, 0.29) is 0 Å². The Morgan fingerprint density at radius 1 is 1.75 bits per heavy atom. The maximum atomic E-state index is 4.73. The van der Waals surface area contributed by atoms with Gasteiger partial charge in [-0.05, 0) is 6.42 Å². The Morgan fingerprint density at radius 2 is 2.62 bits per heavy atom. The van der Waals surface area contributed by atoms with E-state index in [1.54, 1.807) is 0 Å². The normalized spacial score (nSPS) is 9.62. The highest BCUT2D eigenvalue weighted by Gasteiger charge is 1.93. The molecule has 0 bridgehead atoms. The Kier molecular flexibility index (Phi) is 1.62. The van der Waals surface area contributed by atoms with Crippen LogP contribution in [0.25, 0.3) is 0 Å². The molecule has 8 heavy (non-hydrogen) atoms. The molecule has 1 rings (SSSR count). The Labute approximate surface area is 47.7 Å². The zero-order valence-corrected chi connectivity index (χ0v) is 4.72. The average Bonchev–Trinajstić information content (AvgIpc) is 2.19. The molecule has 1 heterocycles. The third-order valence-electron chi connectivity index (χ3n) is 0.830. The van der Waals surface area contributed by atoms with Crippen LogP contribution in [0.4, 0.5) is 0 Å². The first-order chi connectivity index (χ1) is 3.93. The minimum Gasteiger partial charge on any atom is -0.417 e. The van der Waals surface area contributed by atoms with Gasteiger partial charge in [-0.3, -0.25) is 0 Å². The summed E-state index contributed by atoms with van der Waals surface area (Å²) in [6.07, 6.45) is 4.17. The summed E-state index contributed by atoms with van der Waals surface area (Å²) in [4.78, 5) is 0. The molecule has 0 aliphatic heterocycles. The summed E-state index contributed by atoms with van der Waals surface area (Å²) < 4.78 is 4.73. The van der Waals surface area contributed by atoms with E-state index in [4.69, 9.17) is 4.42 Å².